The second-order valence-corrected chi connectivity index (χ2v) is 4.10. The molecule has 1 aliphatic heterocycles. The summed E-state index contributed by atoms with van der Waals surface area (Å²) in [6.45, 7) is -0.194. The maximum absolute atomic E-state index is 11.9. The number of piperazine rings is 1. The van der Waals surface area contributed by atoms with E-state index in [1.807, 2.05) is 0 Å². The number of nitrogens with one attached hydrogen (secondary N) is 2. The Morgan fingerprint density at radius 1 is 1.60 bits per heavy atom. The Bertz CT molecular complexity index is 502. The standard InChI is InChI=1S/C10H13N5O5/c16-7-4-15(6(3-12-7)9(17)18)10(19)11-2-1-8-13-5-14-20-8/h5-6H,1-4H2,(H,11,19)(H,12,16)(H,17,18). The first-order valence-corrected chi connectivity index (χ1v) is 5.87. The second kappa shape index (κ2) is 5.99. The number of carboxylic acids is 1. The largest absolute Gasteiger partial charge is 0.480 e. The molecular weight excluding hydrogens is 270 g/mol. The van der Waals surface area contributed by atoms with Crippen molar-refractivity contribution in [3.05, 3.63) is 12.2 Å². The number of nitrogens with zero attached hydrogens (tertiary/aromatic N) is 3. The van der Waals surface area contributed by atoms with Gasteiger partial charge in [-0.3, -0.25) is 9.69 Å². The lowest BCUT2D eigenvalue weighted by molar-refractivity contribution is -0.144. The molecule has 10 nitrogen and oxygen atoms in total. The monoisotopic (exact) mass is 283 g/mol. The van der Waals surface area contributed by atoms with E-state index in [0.29, 0.717) is 12.3 Å². The summed E-state index contributed by atoms with van der Waals surface area (Å²) < 4.78 is 4.75. The number of rotatable bonds is 4. The van der Waals surface area contributed by atoms with Crippen molar-refractivity contribution in [2.75, 3.05) is 19.6 Å². The first kappa shape index (κ1) is 13.8. The van der Waals surface area contributed by atoms with Crippen LogP contribution in [0.15, 0.2) is 10.9 Å². The molecule has 0 radical (unpaired) electrons. The van der Waals surface area contributed by atoms with E-state index in [9.17, 15) is 14.4 Å². The molecule has 3 N–H and O–H groups in total. The Hall–Kier alpha value is -2.65. The van der Waals surface area contributed by atoms with Crippen molar-refractivity contribution in [1.29, 1.82) is 0 Å². The SMILES string of the molecule is O=C1CN(C(=O)NCCc2ncno2)C(C(=O)O)CN1. The molecular formula is C10H13N5O5. The Morgan fingerprint density at radius 3 is 3.05 bits per heavy atom. The van der Waals surface area contributed by atoms with Crippen LogP contribution in [0.25, 0.3) is 0 Å². The molecule has 1 aromatic rings. The molecule has 0 spiro atoms. The third-order valence-corrected chi connectivity index (χ3v) is 2.75. The molecule has 1 saturated heterocycles. The molecule has 0 saturated carbocycles. The normalized spacial score (nSPS) is 18.5. The van der Waals surface area contributed by atoms with E-state index in [2.05, 4.69) is 20.8 Å². The summed E-state index contributed by atoms with van der Waals surface area (Å²) in [4.78, 5) is 38.9. The van der Waals surface area contributed by atoms with Crippen molar-refractivity contribution in [1.82, 2.24) is 25.7 Å². The van der Waals surface area contributed by atoms with Gasteiger partial charge in [-0.2, -0.15) is 4.98 Å². The van der Waals surface area contributed by atoms with E-state index in [4.69, 9.17) is 9.63 Å². The van der Waals surface area contributed by atoms with Gasteiger partial charge in [0.2, 0.25) is 11.8 Å². The minimum absolute atomic E-state index is 0.106. The molecule has 10 heteroatoms. The fourth-order valence-electron chi connectivity index (χ4n) is 1.76. The maximum atomic E-state index is 11.9. The minimum Gasteiger partial charge on any atom is -0.480 e. The van der Waals surface area contributed by atoms with Gasteiger partial charge in [0.1, 0.15) is 12.6 Å². The molecule has 1 unspecified atom stereocenters. The molecule has 0 aromatic carbocycles. The number of carboxylic acid groups (broad SMARTS) is 1. The van der Waals surface area contributed by atoms with E-state index in [1.165, 1.54) is 6.33 Å². The fourth-order valence-corrected chi connectivity index (χ4v) is 1.76. The van der Waals surface area contributed by atoms with Crippen LogP contribution in [0.2, 0.25) is 0 Å². The van der Waals surface area contributed by atoms with E-state index in [-0.39, 0.29) is 19.6 Å². The molecule has 2 rings (SSSR count). The number of aromatic nitrogens is 2. The van der Waals surface area contributed by atoms with Crippen molar-refractivity contribution in [3.63, 3.8) is 0 Å². The van der Waals surface area contributed by atoms with Gasteiger partial charge in [-0.25, -0.2) is 9.59 Å². The Kier molecular flexibility index (Phi) is 4.13. The van der Waals surface area contributed by atoms with Gasteiger partial charge in [-0.1, -0.05) is 5.16 Å². The van der Waals surface area contributed by atoms with Crippen molar-refractivity contribution >= 4 is 17.9 Å². The first-order chi connectivity index (χ1) is 9.58. The number of urea groups is 1. The third-order valence-electron chi connectivity index (χ3n) is 2.75. The number of carbonyl (C=O) groups is 3. The average molecular weight is 283 g/mol. The van der Waals surface area contributed by atoms with Crippen LogP contribution in [0.3, 0.4) is 0 Å². The van der Waals surface area contributed by atoms with Gasteiger partial charge in [0, 0.05) is 19.5 Å². The Balaban J connectivity index is 1.88. The lowest BCUT2D eigenvalue weighted by Crippen LogP contribution is -2.61. The highest BCUT2D eigenvalue weighted by atomic mass is 16.5. The van der Waals surface area contributed by atoms with Crippen LogP contribution < -0.4 is 10.6 Å². The summed E-state index contributed by atoms with van der Waals surface area (Å²) in [7, 11) is 0. The van der Waals surface area contributed by atoms with E-state index >= 15 is 0 Å². The maximum Gasteiger partial charge on any atom is 0.328 e. The molecule has 2 heterocycles. The highest BCUT2D eigenvalue weighted by Gasteiger charge is 2.35. The van der Waals surface area contributed by atoms with Crippen molar-refractivity contribution in [3.8, 4) is 0 Å². The van der Waals surface area contributed by atoms with E-state index in [0.717, 1.165) is 4.90 Å². The minimum atomic E-state index is -1.17. The lowest BCUT2D eigenvalue weighted by atomic mass is 10.2. The molecule has 3 amide bonds. The van der Waals surface area contributed by atoms with Crippen molar-refractivity contribution in [2.24, 2.45) is 0 Å². The van der Waals surface area contributed by atoms with Crippen LogP contribution in [0.1, 0.15) is 5.89 Å². The van der Waals surface area contributed by atoms with Gasteiger partial charge >= 0.3 is 12.0 Å². The zero-order valence-electron chi connectivity index (χ0n) is 10.4. The number of carbonyl (C=O) groups excluding carboxylic acids is 2. The van der Waals surface area contributed by atoms with Gasteiger partial charge in [0.25, 0.3) is 0 Å². The number of aliphatic carboxylic acids is 1. The highest BCUT2D eigenvalue weighted by Crippen LogP contribution is 2.05. The van der Waals surface area contributed by atoms with Crippen LogP contribution >= 0.6 is 0 Å². The van der Waals surface area contributed by atoms with Gasteiger partial charge in [-0.05, 0) is 0 Å². The van der Waals surface area contributed by atoms with Crippen molar-refractivity contribution in [2.45, 2.75) is 12.5 Å². The Morgan fingerprint density at radius 2 is 2.40 bits per heavy atom. The fraction of sp³-hybridized carbons (Fsp3) is 0.500. The van der Waals surface area contributed by atoms with Gasteiger partial charge < -0.3 is 20.3 Å². The van der Waals surface area contributed by atoms with Crippen LogP contribution in [-0.2, 0) is 16.0 Å². The summed E-state index contributed by atoms with van der Waals surface area (Å²) in [6, 6.07) is -1.69. The highest BCUT2D eigenvalue weighted by molar-refractivity contribution is 5.90. The van der Waals surface area contributed by atoms with Crippen LogP contribution in [-0.4, -0.2) is 63.7 Å². The third kappa shape index (κ3) is 3.22. The van der Waals surface area contributed by atoms with Crippen molar-refractivity contribution < 1.29 is 24.0 Å². The molecule has 1 aliphatic rings. The molecule has 108 valence electrons. The van der Waals surface area contributed by atoms with Gasteiger partial charge in [0.15, 0.2) is 6.33 Å². The predicted molar refractivity (Wildman–Crippen MR) is 62.5 cm³/mol. The molecule has 1 fully saturated rings. The molecule has 0 aliphatic carbocycles. The second-order valence-electron chi connectivity index (χ2n) is 4.10. The number of hydrogen-bond donors (Lipinski definition) is 3. The predicted octanol–water partition coefficient (Wildman–Crippen LogP) is -1.79. The molecule has 1 aromatic heterocycles. The van der Waals surface area contributed by atoms with Crippen LogP contribution in [0, 0.1) is 0 Å². The average Bonchev–Trinajstić information content (AvgIpc) is 2.91. The zero-order chi connectivity index (χ0) is 14.5. The molecule has 1 atom stereocenters. The number of amides is 3. The zero-order valence-corrected chi connectivity index (χ0v) is 10.4. The summed E-state index contributed by atoms with van der Waals surface area (Å²) in [5.41, 5.74) is 0. The summed E-state index contributed by atoms with van der Waals surface area (Å²) in [6.07, 6.45) is 1.57. The van der Waals surface area contributed by atoms with Gasteiger partial charge in [0.05, 0.1) is 0 Å². The lowest BCUT2D eigenvalue weighted by Gasteiger charge is -2.32. The van der Waals surface area contributed by atoms with Crippen LogP contribution in [0.5, 0.6) is 0 Å². The van der Waals surface area contributed by atoms with Gasteiger partial charge in [-0.15, -0.1) is 0 Å². The Labute approximate surface area is 113 Å². The van der Waals surface area contributed by atoms with E-state index in [1.54, 1.807) is 0 Å². The number of hydrogen-bond acceptors (Lipinski definition) is 6. The van der Waals surface area contributed by atoms with E-state index < -0.39 is 23.9 Å². The quantitative estimate of drug-likeness (QED) is 0.593. The first-order valence-electron chi connectivity index (χ1n) is 5.87. The topological polar surface area (TPSA) is 138 Å². The molecule has 0 bridgehead atoms. The smallest absolute Gasteiger partial charge is 0.328 e. The summed E-state index contributed by atoms with van der Waals surface area (Å²) in [5.74, 6) is -1.21. The summed E-state index contributed by atoms with van der Waals surface area (Å²) >= 11 is 0. The summed E-state index contributed by atoms with van der Waals surface area (Å²) in [5, 5.41) is 17.3. The molecule has 20 heavy (non-hydrogen) atoms. The van der Waals surface area contributed by atoms with Crippen LogP contribution in [0.4, 0.5) is 4.79 Å².